The van der Waals surface area contributed by atoms with Crippen LogP contribution in [0.2, 0.25) is 0 Å². The van der Waals surface area contributed by atoms with Crippen LogP contribution in [0.1, 0.15) is 38.5 Å². The SMILES string of the molecule is O=C(CN1N=C(N2CCC3(CCC3)C2)CCC1=O)Nc1ccn2ncnc2c1. The van der Waals surface area contributed by atoms with Crippen molar-refractivity contribution in [2.75, 3.05) is 25.0 Å². The van der Waals surface area contributed by atoms with Crippen molar-refractivity contribution in [2.45, 2.75) is 38.5 Å². The number of amides is 2. The molecule has 3 aliphatic rings. The number of carbonyl (C=O) groups is 2. The largest absolute Gasteiger partial charge is 0.358 e. The Morgan fingerprint density at radius 2 is 2.14 bits per heavy atom. The highest BCUT2D eigenvalue weighted by atomic mass is 16.2. The first-order valence-corrected chi connectivity index (χ1v) is 9.82. The van der Waals surface area contributed by atoms with Crippen LogP contribution in [0.25, 0.3) is 5.65 Å². The smallest absolute Gasteiger partial charge is 0.246 e. The van der Waals surface area contributed by atoms with Gasteiger partial charge in [0.2, 0.25) is 11.8 Å². The molecule has 1 saturated heterocycles. The van der Waals surface area contributed by atoms with Gasteiger partial charge in [0.25, 0.3) is 0 Å². The third-order valence-corrected chi connectivity index (χ3v) is 6.16. The number of likely N-dealkylation sites (tertiary alicyclic amines) is 1. The molecule has 2 aromatic heterocycles. The zero-order valence-corrected chi connectivity index (χ0v) is 15.7. The van der Waals surface area contributed by atoms with Gasteiger partial charge in [-0.15, -0.1) is 0 Å². The summed E-state index contributed by atoms with van der Waals surface area (Å²) in [7, 11) is 0. The van der Waals surface area contributed by atoms with E-state index in [9.17, 15) is 9.59 Å². The second kappa shape index (κ2) is 6.57. The van der Waals surface area contributed by atoms with Crippen LogP contribution in [-0.4, -0.2) is 61.8 Å². The second-order valence-corrected chi connectivity index (χ2v) is 8.02. The molecule has 0 aromatic carbocycles. The van der Waals surface area contributed by atoms with Crippen LogP contribution >= 0.6 is 0 Å². The second-order valence-electron chi connectivity index (χ2n) is 8.02. The van der Waals surface area contributed by atoms with Gasteiger partial charge in [-0.1, -0.05) is 6.42 Å². The molecule has 2 aromatic rings. The third-order valence-electron chi connectivity index (χ3n) is 6.16. The molecule has 5 rings (SSSR count). The van der Waals surface area contributed by atoms with Crippen molar-refractivity contribution in [3.05, 3.63) is 24.7 Å². The number of nitrogens with zero attached hydrogens (tertiary/aromatic N) is 6. The molecule has 9 heteroatoms. The van der Waals surface area contributed by atoms with Gasteiger partial charge in [-0.2, -0.15) is 10.2 Å². The zero-order valence-electron chi connectivity index (χ0n) is 15.7. The van der Waals surface area contributed by atoms with Gasteiger partial charge in [-0.05, 0) is 30.7 Å². The molecule has 146 valence electrons. The van der Waals surface area contributed by atoms with Crippen molar-refractivity contribution in [3.8, 4) is 0 Å². The number of nitrogens with one attached hydrogen (secondary N) is 1. The molecule has 0 bridgehead atoms. The van der Waals surface area contributed by atoms with Crippen LogP contribution in [0.15, 0.2) is 29.8 Å². The summed E-state index contributed by atoms with van der Waals surface area (Å²) >= 11 is 0. The van der Waals surface area contributed by atoms with Crippen molar-refractivity contribution >= 4 is 29.0 Å². The predicted octanol–water partition coefficient (Wildman–Crippen LogP) is 1.48. The first kappa shape index (κ1) is 17.2. The molecule has 0 unspecified atom stereocenters. The number of pyridine rings is 1. The number of hydrogen-bond acceptors (Lipinski definition) is 6. The van der Waals surface area contributed by atoms with Crippen LogP contribution in [0.3, 0.4) is 0 Å². The van der Waals surface area contributed by atoms with Crippen molar-refractivity contribution in [3.63, 3.8) is 0 Å². The number of hydrazone groups is 1. The average molecular weight is 381 g/mol. The monoisotopic (exact) mass is 381 g/mol. The molecule has 28 heavy (non-hydrogen) atoms. The molecule has 2 fully saturated rings. The molecule has 9 nitrogen and oxygen atoms in total. The maximum Gasteiger partial charge on any atom is 0.246 e. The molecule has 4 heterocycles. The van der Waals surface area contributed by atoms with Crippen molar-refractivity contribution in [2.24, 2.45) is 10.5 Å². The topological polar surface area (TPSA) is 95.2 Å². The molecule has 2 aliphatic heterocycles. The van der Waals surface area contributed by atoms with Crippen LogP contribution in [0.5, 0.6) is 0 Å². The molecule has 0 radical (unpaired) electrons. The Bertz CT molecular complexity index is 962. The summed E-state index contributed by atoms with van der Waals surface area (Å²) in [5.41, 5.74) is 1.74. The Balaban J connectivity index is 1.25. The Hall–Kier alpha value is -2.97. The Morgan fingerprint density at radius 3 is 2.93 bits per heavy atom. The van der Waals surface area contributed by atoms with Gasteiger partial charge in [-0.3, -0.25) is 9.59 Å². The van der Waals surface area contributed by atoms with E-state index in [1.807, 2.05) is 0 Å². The average Bonchev–Trinajstić information content (AvgIpc) is 3.30. The van der Waals surface area contributed by atoms with E-state index in [4.69, 9.17) is 0 Å². The highest BCUT2D eigenvalue weighted by Gasteiger charge is 2.44. The van der Waals surface area contributed by atoms with E-state index in [0.717, 1.165) is 18.9 Å². The van der Waals surface area contributed by atoms with E-state index in [-0.39, 0.29) is 18.4 Å². The molecular formula is C19H23N7O2. The number of anilines is 1. The summed E-state index contributed by atoms with van der Waals surface area (Å²) in [5.74, 6) is 0.560. The lowest BCUT2D eigenvalue weighted by Gasteiger charge is -2.38. The quantitative estimate of drug-likeness (QED) is 0.869. The van der Waals surface area contributed by atoms with Gasteiger partial charge in [0, 0.05) is 43.9 Å². The van der Waals surface area contributed by atoms with E-state index < -0.39 is 0 Å². The van der Waals surface area contributed by atoms with E-state index in [1.165, 1.54) is 37.0 Å². The minimum Gasteiger partial charge on any atom is -0.358 e. The van der Waals surface area contributed by atoms with Crippen LogP contribution in [-0.2, 0) is 9.59 Å². The maximum atomic E-state index is 12.5. The first-order chi connectivity index (χ1) is 13.6. The number of aromatic nitrogens is 3. The molecule has 2 amide bonds. The predicted molar refractivity (Wildman–Crippen MR) is 102 cm³/mol. The van der Waals surface area contributed by atoms with E-state index in [2.05, 4.69) is 25.4 Å². The first-order valence-electron chi connectivity index (χ1n) is 9.82. The normalized spacial score (nSPS) is 21.1. The van der Waals surface area contributed by atoms with Crippen molar-refractivity contribution < 1.29 is 9.59 Å². The standard InChI is InChI=1S/C19H23N7O2/c27-17(22-14-4-8-25-16(10-14)20-13-21-25)11-26-18(28)3-2-15(23-26)24-9-7-19(12-24)5-1-6-19/h4,8,10,13H,1-3,5-7,9,11-12H2,(H,22,27). The van der Waals surface area contributed by atoms with Gasteiger partial charge < -0.3 is 10.2 Å². The summed E-state index contributed by atoms with van der Waals surface area (Å²) in [6.07, 6.45) is 9.39. The maximum absolute atomic E-state index is 12.5. The summed E-state index contributed by atoms with van der Waals surface area (Å²) in [5, 5.41) is 12.7. The molecule has 1 N–H and O–H groups in total. The summed E-state index contributed by atoms with van der Waals surface area (Å²) in [4.78, 5) is 31.1. The molecule has 0 atom stereocenters. The van der Waals surface area contributed by atoms with E-state index >= 15 is 0 Å². The van der Waals surface area contributed by atoms with Gasteiger partial charge in [0.05, 0.1) is 0 Å². The lowest BCUT2D eigenvalue weighted by atomic mass is 9.68. The van der Waals surface area contributed by atoms with E-state index in [0.29, 0.717) is 29.6 Å². The number of amidine groups is 1. The van der Waals surface area contributed by atoms with Crippen LogP contribution < -0.4 is 5.32 Å². The number of hydrogen-bond donors (Lipinski definition) is 1. The molecular weight excluding hydrogens is 358 g/mol. The minimum absolute atomic E-state index is 0.0841. The third kappa shape index (κ3) is 3.10. The van der Waals surface area contributed by atoms with Crippen molar-refractivity contribution in [1.82, 2.24) is 24.5 Å². The number of rotatable bonds is 3. The van der Waals surface area contributed by atoms with Gasteiger partial charge in [0.1, 0.15) is 18.7 Å². The lowest BCUT2D eigenvalue weighted by molar-refractivity contribution is -0.135. The fourth-order valence-corrected chi connectivity index (χ4v) is 4.41. The number of fused-ring (bicyclic) bond motifs is 1. The molecule has 1 spiro atoms. The zero-order chi connectivity index (χ0) is 19.1. The van der Waals surface area contributed by atoms with Gasteiger partial charge in [0.15, 0.2) is 5.65 Å². The molecule has 1 saturated carbocycles. The summed E-state index contributed by atoms with van der Waals surface area (Å²) < 4.78 is 1.62. The van der Waals surface area contributed by atoms with Crippen molar-refractivity contribution in [1.29, 1.82) is 0 Å². The highest BCUT2D eigenvalue weighted by molar-refractivity contribution is 5.97. The van der Waals surface area contributed by atoms with Crippen LogP contribution in [0.4, 0.5) is 5.69 Å². The minimum atomic E-state index is -0.279. The van der Waals surface area contributed by atoms with Crippen LogP contribution in [0, 0.1) is 5.41 Å². The Kier molecular flexibility index (Phi) is 4.03. The van der Waals surface area contributed by atoms with Gasteiger partial charge in [-0.25, -0.2) is 14.5 Å². The fraction of sp³-hybridized carbons (Fsp3) is 0.526. The Morgan fingerprint density at radius 1 is 1.25 bits per heavy atom. The lowest BCUT2D eigenvalue weighted by Crippen LogP contribution is -2.43. The summed E-state index contributed by atoms with van der Waals surface area (Å²) in [6.45, 7) is 1.96. The Labute approximate surface area is 162 Å². The highest BCUT2D eigenvalue weighted by Crippen LogP contribution is 2.48. The molecule has 1 aliphatic carbocycles. The van der Waals surface area contributed by atoms with E-state index in [1.54, 1.807) is 22.8 Å². The number of carbonyl (C=O) groups excluding carboxylic acids is 2. The fourth-order valence-electron chi connectivity index (χ4n) is 4.41. The van der Waals surface area contributed by atoms with Gasteiger partial charge >= 0.3 is 0 Å². The summed E-state index contributed by atoms with van der Waals surface area (Å²) in [6, 6.07) is 3.48.